The first-order valence-electron chi connectivity index (χ1n) is 9.72. The van der Waals surface area contributed by atoms with Crippen molar-refractivity contribution >= 4 is 5.97 Å². The Bertz CT molecular complexity index is 639. The number of ether oxygens (including phenoxy) is 3. The van der Waals surface area contributed by atoms with Gasteiger partial charge in [-0.2, -0.15) is 0 Å². The van der Waals surface area contributed by atoms with Crippen LogP contribution >= 0.6 is 0 Å². The molecule has 0 unspecified atom stereocenters. The minimum absolute atomic E-state index is 0.289. The molecule has 5 nitrogen and oxygen atoms in total. The number of benzene rings is 1. The molecule has 0 fully saturated rings. The summed E-state index contributed by atoms with van der Waals surface area (Å²) in [6, 6.07) is 13.2. The van der Waals surface area contributed by atoms with Crippen LogP contribution in [0, 0.1) is 0 Å². The fourth-order valence-electron chi connectivity index (χ4n) is 1.98. The van der Waals surface area contributed by atoms with Crippen molar-refractivity contribution in [2.24, 2.45) is 0 Å². The molecule has 5 heteroatoms. The van der Waals surface area contributed by atoms with E-state index in [-0.39, 0.29) is 5.69 Å². The van der Waals surface area contributed by atoms with Crippen molar-refractivity contribution in [3.05, 3.63) is 59.4 Å². The van der Waals surface area contributed by atoms with E-state index in [1.54, 1.807) is 26.4 Å². The van der Waals surface area contributed by atoms with E-state index in [1.807, 2.05) is 18.2 Å². The molecule has 0 spiro atoms. The van der Waals surface area contributed by atoms with E-state index in [0.717, 1.165) is 18.6 Å². The highest BCUT2D eigenvalue weighted by Crippen LogP contribution is 2.15. The van der Waals surface area contributed by atoms with E-state index in [4.69, 9.17) is 4.74 Å². The fraction of sp³-hybridized carbons (Fsp3) is 0.478. The van der Waals surface area contributed by atoms with Crippen molar-refractivity contribution in [3.63, 3.8) is 0 Å². The van der Waals surface area contributed by atoms with Gasteiger partial charge < -0.3 is 14.2 Å². The van der Waals surface area contributed by atoms with Crippen LogP contribution in [-0.2, 0) is 22.5 Å². The van der Waals surface area contributed by atoms with Gasteiger partial charge in [-0.05, 0) is 36.2 Å². The van der Waals surface area contributed by atoms with Crippen LogP contribution in [0.2, 0.25) is 0 Å². The summed E-state index contributed by atoms with van der Waals surface area (Å²) in [6.07, 6.45) is 4.84. The monoisotopic (exact) mass is 389 g/mol. The largest absolute Gasteiger partial charge is 0.487 e. The predicted octanol–water partition coefficient (Wildman–Crippen LogP) is 5.47. The quantitative estimate of drug-likeness (QED) is 0.588. The number of nitrogens with zero attached hydrogens (tertiary/aromatic N) is 1. The Morgan fingerprint density at radius 3 is 2.00 bits per heavy atom. The first kappa shape index (κ1) is 25.6. The third-order valence-electron chi connectivity index (χ3n) is 3.55. The van der Waals surface area contributed by atoms with E-state index in [9.17, 15) is 4.79 Å². The summed E-state index contributed by atoms with van der Waals surface area (Å²) in [6.45, 7) is 6.84. The smallest absolute Gasteiger partial charge is 0.356 e. The Morgan fingerprint density at radius 2 is 1.50 bits per heavy atom. The number of hydrogen-bond acceptors (Lipinski definition) is 5. The molecule has 0 aliphatic heterocycles. The molecular formula is C23H35NO4. The second kappa shape index (κ2) is 16.8. The number of aromatic nitrogens is 1. The zero-order chi connectivity index (χ0) is 21.2. The standard InChI is InChI=1S/C17H19NO3.C4H10.C2H6O/c1-3-5-13-8-10-15(11-9-13)21-12-14-6-4-7-16(18-14)17(19)20-2;1-3-4-2;1-3-2/h4,6-11H,3,5,12H2,1-2H3;3-4H2,1-2H3;1-2H3. The first-order chi connectivity index (χ1) is 13.6. The van der Waals surface area contributed by atoms with Gasteiger partial charge in [-0.25, -0.2) is 9.78 Å². The molecule has 1 aromatic carbocycles. The molecule has 0 atom stereocenters. The highest BCUT2D eigenvalue weighted by atomic mass is 16.5. The molecule has 28 heavy (non-hydrogen) atoms. The topological polar surface area (TPSA) is 57.7 Å². The predicted molar refractivity (Wildman–Crippen MR) is 114 cm³/mol. The SMILES string of the molecule is CCCC.CCCc1ccc(OCc2cccc(C(=O)OC)n2)cc1.COC. The number of pyridine rings is 1. The van der Waals surface area contributed by atoms with E-state index >= 15 is 0 Å². The molecule has 1 heterocycles. The van der Waals surface area contributed by atoms with Gasteiger partial charge in [0.25, 0.3) is 0 Å². The highest BCUT2D eigenvalue weighted by molar-refractivity contribution is 5.87. The van der Waals surface area contributed by atoms with Gasteiger partial charge >= 0.3 is 5.97 Å². The van der Waals surface area contributed by atoms with Crippen molar-refractivity contribution in [2.75, 3.05) is 21.3 Å². The number of carbonyl (C=O) groups is 1. The summed E-state index contributed by atoms with van der Waals surface area (Å²) < 4.78 is 14.6. The zero-order valence-electron chi connectivity index (χ0n) is 18.2. The fourth-order valence-corrected chi connectivity index (χ4v) is 1.98. The van der Waals surface area contributed by atoms with Crippen molar-refractivity contribution in [3.8, 4) is 5.75 Å². The summed E-state index contributed by atoms with van der Waals surface area (Å²) in [5.41, 5.74) is 2.28. The minimum Gasteiger partial charge on any atom is -0.487 e. The van der Waals surface area contributed by atoms with Gasteiger partial charge in [-0.15, -0.1) is 0 Å². The van der Waals surface area contributed by atoms with E-state index < -0.39 is 5.97 Å². The van der Waals surface area contributed by atoms with Crippen LogP contribution in [0.5, 0.6) is 5.75 Å². The number of methoxy groups -OCH3 is 2. The molecule has 0 aliphatic carbocycles. The third kappa shape index (κ3) is 11.3. The van der Waals surface area contributed by atoms with E-state index in [0.29, 0.717) is 12.3 Å². The molecule has 0 radical (unpaired) electrons. The average Bonchev–Trinajstić information content (AvgIpc) is 2.74. The molecular weight excluding hydrogens is 354 g/mol. The second-order valence-electron chi connectivity index (χ2n) is 6.10. The average molecular weight is 390 g/mol. The molecule has 1 aromatic heterocycles. The lowest BCUT2D eigenvalue weighted by atomic mass is 10.1. The van der Waals surface area contributed by atoms with Gasteiger partial charge in [0.05, 0.1) is 12.8 Å². The summed E-state index contributed by atoms with van der Waals surface area (Å²) in [4.78, 5) is 15.6. The van der Waals surface area contributed by atoms with Crippen molar-refractivity contribution in [1.82, 2.24) is 4.98 Å². The first-order valence-corrected chi connectivity index (χ1v) is 9.72. The van der Waals surface area contributed by atoms with Gasteiger partial charge in [0, 0.05) is 14.2 Å². The van der Waals surface area contributed by atoms with Gasteiger partial charge in [0.1, 0.15) is 18.1 Å². The molecule has 0 N–H and O–H groups in total. The van der Waals surface area contributed by atoms with Gasteiger partial charge in [0.15, 0.2) is 0 Å². The Morgan fingerprint density at radius 1 is 0.893 bits per heavy atom. The van der Waals surface area contributed by atoms with Crippen LogP contribution in [0.25, 0.3) is 0 Å². The maximum Gasteiger partial charge on any atom is 0.356 e. The lowest BCUT2D eigenvalue weighted by molar-refractivity contribution is 0.0593. The van der Waals surface area contributed by atoms with Crippen molar-refractivity contribution < 1.29 is 19.0 Å². The highest BCUT2D eigenvalue weighted by Gasteiger charge is 2.07. The van der Waals surface area contributed by atoms with E-state index in [2.05, 4.69) is 47.4 Å². The molecule has 0 bridgehead atoms. The number of carbonyl (C=O) groups excluding carboxylic acids is 1. The lowest BCUT2D eigenvalue weighted by Gasteiger charge is -2.07. The molecule has 2 rings (SSSR count). The molecule has 0 saturated heterocycles. The molecule has 156 valence electrons. The van der Waals surface area contributed by atoms with Crippen LogP contribution in [0.3, 0.4) is 0 Å². The van der Waals surface area contributed by atoms with Crippen LogP contribution in [0.4, 0.5) is 0 Å². The molecule has 0 saturated carbocycles. The minimum atomic E-state index is -0.444. The summed E-state index contributed by atoms with van der Waals surface area (Å²) >= 11 is 0. The van der Waals surface area contributed by atoms with E-state index in [1.165, 1.54) is 25.5 Å². The van der Waals surface area contributed by atoms with Crippen molar-refractivity contribution in [2.45, 2.75) is 53.1 Å². The van der Waals surface area contributed by atoms with Crippen LogP contribution in [0.15, 0.2) is 42.5 Å². The maximum absolute atomic E-state index is 11.4. The summed E-state index contributed by atoms with van der Waals surface area (Å²) in [5, 5.41) is 0. The number of hydrogen-bond donors (Lipinski definition) is 0. The number of rotatable bonds is 7. The molecule has 0 aliphatic rings. The van der Waals surface area contributed by atoms with Gasteiger partial charge in [0.2, 0.25) is 0 Å². The second-order valence-corrected chi connectivity index (χ2v) is 6.10. The summed E-state index contributed by atoms with van der Waals surface area (Å²) in [5.74, 6) is 0.348. The normalized spacial score (nSPS) is 9.36. The van der Waals surface area contributed by atoms with Gasteiger partial charge in [-0.3, -0.25) is 0 Å². The van der Waals surface area contributed by atoms with Gasteiger partial charge in [-0.1, -0.05) is 58.2 Å². The van der Waals surface area contributed by atoms with Crippen molar-refractivity contribution in [1.29, 1.82) is 0 Å². The van der Waals surface area contributed by atoms with Crippen LogP contribution in [0.1, 0.15) is 61.8 Å². The van der Waals surface area contributed by atoms with Crippen LogP contribution in [-0.4, -0.2) is 32.3 Å². The summed E-state index contributed by atoms with van der Waals surface area (Å²) in [7, 11) is 4.59. The number of aryl methyl sites for hydroxylation is 1. The lowest BCUT2D eigenvalue weighted by Crippen LogP contribution is -2.07. The Hall–Kier alpha value is -2.40. The Balaban J connectivity index is 0.000000904. The number of unbranched alkanes of at least 4 members (excludes halogenated alkanes) is 1. The third-order valence-corrected chi connectivity index (χ3v) is 3.55. The Labute approximate surface area is 170 Å². The molecule has 2 aromatic rings. The number of esters is 1. The Kier molecular flexibility index (Phi) is 15.3. The zero-order valence-corrected chi connectivity index (χ0v) is 18.2. The maximum atomic E-state index is 11.4. The molecule has 0 amide bonds. The van der Waals surface area contributed by atoms with Crippen LogP contribution < -0.4 is 4.74 Å².